The molecular weight excluding hydrogens is 292 g/mol. The van der Waals surface area contributed by atoms with E-state index in [1.165, 1.54) is 0 Å². The lowest BCUT2D eigenvalue weighted by Gasteiger charge is -2.07. The van der Waals surface area contributed by atoms with Crippen LogP contribution in [0.15, 0.2) is 48.1 Å². The molecule has 0 fully saturated rings. The normalized spacial score (nSPS) is 10.1. The number of hydrogen-bond donors (Lipinski definition) is 1. The van der Waals surface area contributed by atoms with Crippen molar-refractivity contribution in [3.8, 4) is 23.0 Å². The van der Waals surface area contributed by atoms with Crippen molar-refractivity contribution < 1.29 is 5.11 Å². The summed E-state index contributed by atoms with van der Waals surface area (Å²) in [6.07, 6.45) is 3.52. The zero-order chi connectivity index (χ0) is 15.4. The maximum atomic E-state index is 9.45. The van der Waals surface area contributed by atoms with E-state index in [0.29, 0.717) is 0 Å². The van der Waals surface area contributed by atoms with E-state index in [0.717, 1.165) is 33.0 Å². The van der Waals surface area contributed by atoms with Crippen LogP contribution in [0, 0.1) is 18.8 Å². The van der Waals surface area contributed by atoms with Crippen molar-refractivity contribution in [3.05, 3.63) is 69.9 Å². The van der Waals surface area contributed by atoms with Crippen LogP contribution in [0.4, 0.5) is 0 Å². The fraction of sp³-hybridized carbons (Fsp3) is 0.111. The quantitative estimate of drug-likeness (QED) is 0.738. The summed E-state index contributed by atoms with van der Waals surface area (Å²) in [5.41, 5.74) is 4.42. The van der Waals surface area contributed by atoms with Crippen LogP contribution in [0.5, 0.6) is 0 Å². The van der Waals surface area contributed by atoms with Gasteiger partial charge in [0.2, 0.25) is 0 Å². The Labute approximate surface area is 133 Å². The van der Waals surface area contributed by atoms with Crippen LogP contribution < -0.4 is 0 Å². The lowest BCUT2D eigenvalue weighted by atomic mass is 10.0. The summed E-state index contributed by atoms with van der Waals surface area (Å²) in [7, 11) is 0. The monoisotopic (exact) mass is 306 g/mol. The van der Waals surface area contributed by atoms with E-state index in [-0.39, 0.29) is 6.61 Å². The molecule has 3 aromatic rings. The van der Waals surface area contributed by atoms with Gasteiger partial charge in [0.25, 0.3) is 0 Å². The molecule has 3 nitrogen and oxygen atoms in total. The summed E-state index contributed by atoms with van der Waals surface area (Å²) >= 11 is 1.59. The molecule has 0 saturated heterocycles. The lowest BCUT2D eigenvalue weighted by Crippen LogP contribution is -1.90. The molecular formula is C18H14N2OS. The third kappa shape index (κ3) is 3.22. The van der Waals surface area contributed by atoms with E-state index in [1.807, 2.05) is 42.6 Å². The first-order chi connectivity index (χ1) is 10.8. The zero-order valence-electron chi connectivity index (χ0n) is 12.1. The molecule has 0 saturated carbocycles. The predicted octanol–water partition coefficient (Wildman–Crippen LogP) is 3.41. The Morgan fingerprint density at radius 1 is 1.18 bits per heavy atom. The number of benzene rings is 1. The lowest BCUT2D eigenvalue weighted by molar-refractivity contribution is 0.282. The number of aromatic nitrogens is 2. The standard InChI is InChI=1S/C18H14N2OS/c1-13-20-17(12-22-13)7-6-14-8-16(10-19-9-14)18-5-3-2-4-15(18)11-21/h2-5,8-10,12,21H,11H2,1H3. The maximum Gasteiger partial charge on any atom is 0.124 e. The average molecular weight is 306 g/mol. The first kappa shape index (κ1) is 14.5. The average Bonchev–Trinajstić information content (AvgIpc) is 2.98. The highest BCUT2D eigenvalue weighted by atomic mass is 32.1. The molecule has 1 N–H and O–H groups in total. The van der Waals surface area contributed by atoms with Crippen LogP contribution in [0.2, 0.25) is 0 Å². The first-order valence-corrected chi connectivity index (χ1v) is 7.72. The van der Waals surface area contributed by atoms with E-state index in [2.05, 4.69) is 21.8 Å². The summed E-state index contributed by atoms with van der Waals surface area (Å²) in [4.78, 5) is 8.58. The van der Waals surface area contributed by atoms with Gasteiger partial charge >= 0.3 is 0 Å². The summed E-state index contributed by atoms with van der Waals surface area (Å²) in [6.45, 7) is 1.97. The van der Waals surface area contributed by atoms with Crippen LogP contribution >= 0.6 is 11.3 Å². The Balaban J connectivity index is 1.95. The number of aryl methyl sites for hydroxylation is 1. The molecule has 0 spiro atoms. The molecule has 0 bridgehead atoms. The van der Waals surface area contributed by atoms with Crippen molar-refractivity contribution in [2.24, 2.45) is 0 Å². The van der Waals surface area contributed by atoms with Gasteiger partial charge in [-0.05, 0) is 30.0 Å². The van der Waals surface area contributed by atoms with Crippen molar-refractivity contribution in [2.45, 2.75) is 13.5 Å². The summed E-state index contributed by atoms with van der Waals surface area (Å²) in [6, 6.07) is 9.73. The van der Waals surface area contributed by atoms with Crippen molar-refractivity contribution in [2.75, 3.05) is 0 Å². The van der Waals surface area contributed by atoms with Crippen molar-refractivity contribution in [1.29, 1.82) is 0 Å². The van der Waals surface area contributed by atoms with Gasteiger partial charge in [-0.25, -0.2) is 4.98 Å². The predicted molar refractivity (Wildman–Crippen MR) is 88.4 cm³/mol. The number of rotatable bonds is 2. The van der Waals surface area contributed by atoms with Gasteiger partial charge in [0.15, 0.2) is 0 Å². The van der Waals surface area contributed by atoms with E-state index in [1.54, 1.807) is 23.7 Å². The third-order valence-corrected chi connectivity index (χ3v) is 3.96. The second-order valence-corrected chi connectivity index (χ2v) is 5.84. The zero-order valence-corrected chi connectivity index (χ0v) is 12.9. The molecule has 22 heavy (non-hydrogen) atoms. The van der Waals surface area contributed by atoms with Gasteiger partial charge in [-0.15, -0.1) is 11.3 Å². The van der Waals surface area contributed by atoms with Gasteiger partial charge in [-0.3, -0.25) is 4.98 Å². The minimum Gasteiger partial charge on any atom is -0.392 e. The van der Waals surface area contributed by atoms with Gasteiger partial charge in [-0.2, -0.15) is 0 Å². The Bertz CT molecular complexity index is 859. The van der Waals surface area contributed by atoms with Crippen LogP contribution in [-0.4, -0.2) is 15.1 Å². The van der Waals surface area contributed by atoms with Crippen molar-refractivity contribution >= 4 is 11.3 Å². The molecule has 2 aromatic heterocycles. The molecule has 3 rings (SSSR count). The second-order valence-electron chi connectivity index (χ2n) is 4.78. The molecule has 0 radical (unpaired) electrons. The minimum absolute atomic E-state index is 0.00415. The van der Waals surface area contributed by atoms with Crippen LogP contribution in [0.3, 0.4) is 0 Å². The molecule has 0 atom stereocenters. The SMILES string of the molecule is Cc1nc(C#Cc2cncc(-c3ccccc3CO)c2)cs1. The second kappa shape index (κ2) is 6.52. The number of aliphatic hydroxyl groups is 1. The third-order valence-electron chi connectivity index (χ3n) is 3.19. The van der Waals surface area contributed by atoms with Crippen LogP contribution in [0.1, 0.15) is 21.8 Å². The van der Waals surface area contributed by atoms with Gasteiger partial charge in [0, 0.05) is 28.9 Å². The minimum atomic E-state index is 0.00415. The topological polar surface area (TPSA) is 46.0 Å². The molecule has 0 amide bonds. The van der Waals surface area contributed by atoms with Crippen LogP contribution in [0.25, 0.3) is 11.1 Å². The molecule has 0 aliphatic heterocycles. The largest absolute Gasteiger partial charge is 0.392 e. The van der Waals surface area contributed by atoms with Crippen molar-refractivity contribution in [3.63, 3.8) is 0 Å². The Morgan fingerprint density at radius 3 is 2.82 bits per heavy atom. The molecule has 2 heterocycles. The van der Waals surface area contributed by atoms with E-state index in [9.17, 15) is 5.11 Å². The molecule has 0 aliphatic carbocycles. The maximum absolute atomic E-state index is 9.45. The van der Waals surface area contributed by atoms with Gasteiger partial charge in [0.1, 0.15) is 5.69 Å². The number of aliphatic hydroxyl groups excluding tert-OH is 1. The van der Waals surface area contributed by atoms with Gasteiger partial charge < -0.3 is 5.11 Å². The highest BCUT2D eigenvalue weighted by Crippen LogP contribution is 2.23. The van der Waals surface area contributed by atoms with E-state index >= 15 is 0 Å². The summed E-state index contributed by atoms with van der Waals surface area (Å²) < 4.78 is 0. The Morgan fingerprint density at radius 2 is 2.05 bits per heavy atom. The molecule has 0 aliphatic rings. The fourth-order valence-electron chi connectivity index (χ4n) is 2.15. The molecule has 1 aromatic carbocycles. The van der Waals surface area contributed by atoms with Gasteiger partial charge in [0.05, 0.1) is 11.6 Å². The number of thiazole rings is 1. The molecule has 4 heteroatoms. The summed E-state index contributed by atoms with van der Waals surface area (Å²) in [5.74, 6) is 6.14. The highest BCUT2D eigenvalue weighted by molar-refractivity contribution is 7.09. The summed E-state index contributed by atoms with van der Waals surface area (Å²) in [5, 5.41) is 12.4. The first-order valence-electron chi connectivity index (χ1n) is 6.84. The van der Waals surface area contributed by atoms with Gasteiger partial charge in [-0.1, -0.05) is 30.2 Å². The highest BCUT2D eigenvalue weighted by Gasteiger charge is 2.04. The number of nitrogens with zero attached hydrogens (tertiary/aromatic N) is 2. The van der Waals surface area contributed by atoms with Crippen molar-refractivity contribution in [1.82, 2.24) is 9.97 Å². The smallest absolute Gasteiger partial charge is 0.124 e. The Hall–Kier alpha value is -2.48. The number of pyridine rings is 1. The molecule has 108 valence electrons. The van der Waals surface area contributed by atoms with Crippen LogP contribution in [-0.2, 0) is 6.61 Å². The van der Waals surface area contributed by atoms with E-state index < -0.39 is 0 Å². The Kier molecular flexibility index (Phi) is 4.29. The molecule has 0 unspecified atom stereocenters. The van der Waals surface area contributed by atoms with E-state index in [4.69, 9.17) is 0 Å². The number of hydrogen-bond acceptors (Lipinski definition) is 4. The fourth-order valence-corrected chi connectivity index (χ4v) is 2.70.